The lowest BCUT2D eigenvalue weighted by Gasteiger charge is -2.07. The third-order valence-corrected chi connectivity index (χ3v) is 3.65. The molecule has 0 radical (unpaired) electrons. The molecule has 0 saturated carbocycles. The number of hydrogen-bond donors (Lipinski definition) is 2. The maximum Gasteiger partial charge on any atom is 0.126 e. The quantitative estimate of drug-likeness (QED) is 0.762. The fourth-order valence-corrected chi connectivity index (χ4v) is 2.39. The van der Waals surface area contributed by atoms with Crippen LogP contribution in [0.5, 0.6) is 0 Å². The lowest BCUT2D eigenvalue weighted by Crippen LogP contribution is -2.01. The zero-order valence-electron chi connectivity index (χ0n) is 10.7. The van der Waals surface area contributed by atoms with Gasteiger partial charge >= 0.3 is 0 Å². The van der Waals surface area contributed by atoms with E-state index in [0.717, 1.165) is 23.9 Å². The van der Waals surface area contributed by atoms with E-state index in [-0.39, 0.29) is 6.61 Å². The van der Waals surface area contributed by atoms with Crippen LogP contribution < -0.4 is 5.32 Å². The molecule has 0 aliphatic rings. The van der Waals surface area contributed by atoms with Gasteiger partial charge in [-0.05, 0) is 23.3 Å². The Balaban J connectivity index is 1.88. The molecule has 1 aromatic heterocycles. The summed E-state index contributed by atoms with van der Waals surface area (Å²) in [7, 11) is 0. The highest BCUT2D eigenvalue weighted by molar-refractivity contribution is 7.98. The average molecular weight is 274 g/mol. The number of thioether (sulfide) groups is 1. The van der Waals surface area contributed by atoms with Gasteiger partial charge in [-0.1, -0.05) is 30.3 Å². The smallest absolute Gasteiger partial charge is 0.126 e. The topological polar surface area (TPSA) is 45.2 Å². The Labute approximate surface area is 118 Å². The number of pyridine rings is 1. The van der Waals surface area contributed by atoms with Crippen molar-refractivity contribution in [1.82, 2.24) is 4.98 Å². The zero-order chi connectivity index (χ0) is 13.3. The number of nitrogens with zero attached hydrogens (tertiary/aromatic N) is 1. The maximum absolute atomic E-state index is 8.76. The number of nitrogens with one attached hydrogen (secondary N) is 1. The molecule has 0 saturated heterocycles. The van der Waals surface area contributed by atoms with Crippen LogP contribution in [0.1, 0.15) is 11.1 Å². The molecule has 0 atom stereocenters. The molecule has 0 aliphatic heterocycles. The van der Waals surface area contributed by atoms with E-state index in [9.17, 15) is 0 Å². The van der Waals surface area contributed by atoms with Crippen molar-refractivity contribution >= 4 is 17.6 Å². The highest BCUT2D eigenvalue weighted by Gasteiger charge is 1.98. The molecular formula is C15H18N2OS. The predicted molar refractivity (Wildman–Crippen MR) is 81.3 cm³/mol. The summed E-state index contributed by atoms with van der Waals surface area (Å²) in [5.41, 5.74) is 2.47. The van der Waals surface area contributed by atoms with Crippen molar-refractivity contribution in [1.29, 1.82) is 0 Å². The van der Waals surface area contributed by atoms with Crippen LogP contribution in [0.15, 0.2) is 48.7 Å². The van der Waals surface area contributed by atoms with Crippen LogP contribution in [0.25, 0.3) is 0 Å². The molecule has 100 valence electrons. The third kappa shape index (κ3) is 4.93. The molecule has 19 heavy (non-hydrogen) atoms. The van der Waals surface area contributed by atoms with Gasteiger partial charge in [-0.3, -0.25) is 0 Å². The number of hydrogen-bond acceptors (Lipinski definition) is 4. The van der Waals surface area contributed by atoms with E-state index in [0.29, 0.717) is 0 Å². The van der Waals surface area contributed by atoms with E-state index < -0.39 is 0 Å². The van der Waals surface area contributed by atoms with Crippen molar-refractivity contribution in [2.24, 2.45) is 0 Å². The van der Waals surface area contributed by atoms with E-state index in [1.165, 1.54) is 11.1 Å². The molecule has 2 aromatic rings. The van der Waals surface area contributed by atoms with Crippen molar-refractivity contribution in [3.63, 3.8) is 0 Å². The van der Waals surface area contributed by atoms with Crippen molar-refractivity contribution in [3.8, 4) is 0 Å². The minimum atomic E-state index is 0.231. The van der Waals surface area contributed by atoms with Crippen molar-refractivity contribution < 1.29 is 5.11 Å². The highest BCUT2D eigenvalue weighted by Crippen LogP contribution is 2.14. The molecule has 0 amide bonds. The summed E-state index contributed by atoms with van der Waals surface area (Å²) < 4.78 is 0. The lowest BCUT2D eigenvalue weighted by molar-refractivity contribution is 0.322. The number of aromatic nitrogens is 1. The van der Waals surface area contributed by atoms with Crippen molar-refractivity contribution in [3.05, 3.63) is 59.8 Å². The number of rotatable bonds is 7. The van der Waals surface area contributed by atoms with Crippen LogP contribution in [-0.4, -0.2) is 22.5 Å². The van der Waals surface area contributed by atoms with E-state index in [4.69, 9.17) is 5.11 Å². The second-order valence-corrected chi connectivity index (χ2v) is 5.27. The van der Waals surface area contributed by atoms with E-state index in [1.807, 2.05) is 30.5 Å². The SMILES string of the molecule is OCCSCc1ccnc(NCc2ccccc2)c1. The molecule has 0 aliphatic carbocycles. The average Bonchev–Trinajstić information content (AvgIpc) is 2.47. The van der Waals surface area contributed by atoms with Crippen LogP contribution in [0, 0.1) is 0 Å². The summed E-state index contributed by atoms with van der Waals surface area (Å²) in [6.45, 7) is 1.01. The number of aliphatic hydroxyl groups excluding tert-OH is 1. The second kappa shape index (κ2) is 7.81. The summed E-state index contributed by atoms with van der Waals surface area (Å²) >= 11 is 1.72. The Hall–Kier alpha value is -1.52. The third-order valence-electron chi connectivity index (χ3n) is 2.65. The first kappa shape index (κ1) is 13.9. The van der Waals surface area contributed by atoms with Gasteiger partial charge in [0.2, 0.25) is 0 Å². The zero-order valence-corrected chi connectivity index (χ0v) is 11.6. The molecule has 0 bridgehead atoms. The maximum atomic E-state index is 8.76. The molecule has 1 heterocycles. The van der Waals surface area contributed by atoms with E-state index >= 15 is 0 Å². The van der Waals surface area contributed by atoms with Gasteiger partial charge in [-0.2, -0.15) is 11.8 Å². The standard InChI is InChI=1S/C15H18N2OS/c18-8-9-19-12-14-6-7-16-15(10-14)17-11-13-4-2-1-3-5-13/h1-7,10,18H,8-9,11-12H2,(H,16,17). The Morgan fingerprint density at radius 1 is 1.11 bits per heavy atom. The Bertz CT molecular complexity index is 491. The van der Waals surface area contributed by atoms with Crippen LogP contribution >= 0.6 is 11.8 Å². The molecular weight excluding hydrogens is 256 g/mol. The minimum Gasteiger partial charge on any atom is -0.396 e. The van der Waals surface area contributed by atoms with E-state index in [2.05, 4.69) is 28.5 Å². The van der Waals surface area contributed by atoms with Gasteiger partial charge in [-0.25, -0.2) is 4.98 Å². The predicted octanol–water partition coefficient (Wildman–Crippen LogP) is 2.92. The van der Waals surface area contributed by atoms with Gasteiger partial charge < -0.3 is 10.4 Å². The minimum absolute atomic E-state index is 0.231. The van der Waals surface area contributed by atoms with Gasteiger partial charge in [0.15, 0.2) is 0 Å². The van der Waals surface area contributed by atoms with Gasteiger partial charge in [-0.15, -0.1) is 0 Å². The van der Waals surface area contributed by atoms with E-state index in [1.54, 1.807) is 11.8 Å². The summed E-state index contributed by atoms with van der Waals surface area (Å²) in [5, 5.41) is 12.1. The fraction of sp³-hybridized carbons (Fsp3) is 0.267. The van der Waals surface area contributed by atoms with Crippen LogP contribution in [-0.2, 0) is 12.3 Å². The molecule has 0 fully saturated rings. The van der Waals surface area contributed by atoms with Crippen LogP contribution in [0.2, 0.25) is 0 Å². The van der Waals surface area contributed by atoms with Crippen molar-refractivity contribution in [2.75, 3.05) is 17.7 Å². The number of benzene rings is 1. The summed E-state index contributed by atoms with van der Waals surface area (Å²) in [5.74, 6) is 2.57. The first-order chi connectivity index (χ1) is 9.38. The Kier molecular flexibility index (Phi) is 5.72. The molecule has 2 rings (SSSR count). The molecule has 2 N–H and O–H groups in total. The second-order valence-electron chi connectivity index (χ2n) is 4.16. The summed E-state index contributed by atoms with van der Waals surface area (Å²) in [6.07, 6.45) is 1.82. The lowest BCUT2D eigenvalue weighted by atomic mass is 10.2. The molecule has 0 unspecified atom stereocenters. The molecule has 4 heteroatoms. The van der Waals surface area contributed by atoms with Gasteiger partial charge in [0, 0.05) is 24.2 Å². The first-order valence-corrected chi connectivity index (χ1v) is 7.45. The van der Waals surface area contributed by atoms with Crippen LogP contribution in [0.3, 0.4) is 0 Å². The van der Waals surface area contributed by atoms with Gasteiger partial charge in [0.05, 0.1) is 6.61 Å². The van der Waals surface area contributed by atoms with Gasteiger partial charge in [0.1, 0.15) is 5.82 Å². The van der Waals surface area contributed by atoms with Crippen molar-refractivity contribution in [2.45, 2.75) is 12.3 Å². The molecule has 1 aromatic carbocycles. The molecule has 3 nitrogen and oxygen atoms in total. The monoisotopic (exact) mass is 274 g/mol. The normalized spacial score (nSPS) is 10.4. The Morgan fingerprint density at radius 3 is 2.74 bits per heavy atom. The van der Waals surface area contributed by atoms with Crippen LogP contribution in [0.4, 0.5) is 5.82 Å². The summed E-state index contributed by atoms with van der Waals surface area (Å²) in [4.78, 5) is 4.31. The van der Waals surface area contributed by atoms with Gasteiger partial charge in [0.25, 0.3) is 0 Å². The fourth-order valence-electron chi connectivity index (χ4n) is 1.70. The highest BCUT2D eigenvalue weighted by atomic mass is 32.2. The Morgan fingerprint density at radius 2 is 1.95 bits per heavy atom. The largest absolute Gasteiger partial charge is 0.396 e. The summed E-state index contributed by atoms with van der Waals surface area (Å²) in [6, 6.07) is 14.3. The number of aliphatic hydroxyl groups is 1. The molecule has 0 spiro atoms. The first-order valence-electron chi connectivity index (χ1n) is 6.30. The number of anilines is 1.